The maximum absolute atomic E-state index is 12.1. The highest BCUT2D eigenvalue weighted by Crippen LogP contribution is 2.16. The largest absolute Gasteiger partial charge is 0.480 e. The van der Waals surface area contributed by atoms with Crippen molar-refractivity contribution in [3.05, 3.63) is 24.3 Å². The van der Waals surface area contributed by atoms with Crippen molar-refractivity contribution in [2.24, 2.45) is 0 Å². The van der Waals surface area contributed by atoms with Gasteiger partial charge in [0, 0.05) is 38.6 Å². The predicted molar refractivity (Wildman–Crippen MR) is 92.4 cm³/mol. The number of hydrogen-bond donors (Lipinski definition) is 3. The number of aliphatic carboxylic acids is 1. The van der Waals surface area contributed by atoms with Crippen LogP contribution in [0.3, 0.4) is 0 Å². The molecule has 1 saturated heterocycles. The fraction of sp³-hybridized carbons (Fsp3) is 0.529. The van der Waals surface area contributed by atoms with E-state index in [1.54, 1.807) is 12.1 Å². The molecule has 24 heavy (non-hydrogen) atoms. The van der Waals surface area contributed by atoms with Crippen LogP contribution in [0.2, 0.25) is 0 Å². The summed E-state index contributed by atoms with van der Waals surface area (Å²) < 4.78 is 5.45. The van der Waals surface area contributed by atoms with Gasteiger partial charge < -0.3 is 25.4 Å². The lowest BCUT2D eigenvalue weighted by molar-refractivity contribution is -0.141. The van der Waals surface area contributed by atoms with Gasteiger partial charge in [0.15, 0.2) is 0 Å². The van der Waals surface area contributed by atoms with Crippen LogP contribution in [-0.2, 0) is 14.3 Å². The van der Waals surface area contributed by atoms with Crippen molar-refractivity contribution in [1.29, 1.82) is 0 Å². The molecule has 1 aromatic rings. The van der Waals surface area contributed by atoms with Crippen LogP contribution in [0.15, 0.2) is 24.3 Å². The van der Waals surface area contributed by atoms with Crippen molar-refractivity contribution >= 4 is 23.3 Å². The van der Waals surface area contributed by atoms with Crippen molar-refractivity contribution in [1.82, 2.24) is 5.32 Å². The first-order valence-corrected chi connectivity index (χ1v) is 8.10. The zero-order valence-electron chi connectivity index (χ0n) is 14.1. The summed E-state index contributed by atoms with van der Waals surface area (Å²) >= 11 is 0. The predicted octanol–water partition coefficient (Wildman–Crippen LogP) is 1.30. The first-order chi connectivity index (χ1) is 11.5. The Hall–Kier alpha value is -2.12. The second kappa shape index (κ2) is 8.65. The lowest BCUT2D eigenvalue weighted by atomic mass is 10.1. The van der Waals surface area contributed by atoms with E-state index < -0.39 is 12.0 Å². The van der Waals surface area contributed by atoms with Gasteiger partial charge in [-0.05, 0) is 37.1 Å². The molecule has 7 nitrogen and oxygen atoms in total. The lowest BCUT2D eigenvalue weighted by Gasteiger charge is -2.17. The summed E-state index contributed by atoms with van der Waals surface area (Å²) in [6, 6.07) is 6.45. The molecule has 0 bridgehead atoms. The van der Waals surface area contributed by atoms with Gasteiger partial charge in [0.2, 0.25) is 5.91 Å². The molecule has 0 unspecified atom stereocenters. The topological polar surface area (TPSA) is 90.9 Å². The number of nitrogens with one attached hydrogen (secondary N) is 2. The van der Waals surface area contributed by atoms with Crippen molar-refractivity contribution < 1.29 is 19.4 Å². The van der Waals surface area contributed by atoms with Crippen LogP contribution < -0.4 is 15.5 Å². The summed E-state index contributed by atoms with van der Waals surface area (Å²) in [6.45, 7) is 1.16. The van der Waals surface area contributed by atoms with Gasteiger partial charge in [-0.15, -0.1) is 0 Å². The van der Waals surface area contributed by atoms with Gasteiger partial charge in [-0.1, -0.05) is 0 Å². The molecular formula is C17H25N3O4. The second-order valence-corrected chi connectivity index (χ2v) is 6.13. The van der Waals surface area contributed by atoms with E-state index in [2.05, 4.69) is 10.6 Å². The summed E-state index contributed by atoms with van der Waals surface area (Å²) in [7, 11) is 3.87. The fourth-order valence-corrected chi connectivity index (χ4v) is 2.57. The molecular weight excluding hydrogens is 310 g/mol. The average Bonchev–Trinajstić information content (AvgIpc) is 3.05. The molecule has 1 heterocycles. The Balaban J connectivity index is 1.84. The van der Waals surface area contributed by atoms with Crippen LogP contribution in [0.1, 0.15) is 19.3 Å². The maximum atomic E-state index is 12.1. The van der Waals surface area contributed by atoms with E-state index >= 15 is 0 Å². The highest BCUT2D eigenvalue weighted by Gasteiger charge is 2.23. The van der Waals surface area contributed by atoms with Crippen LogP contribution in [-0.4, -0.2) is 56.4 Å². The van der Waals surface area contributed by atoms with E-state index in [0.29, 0.717) is 18.8 Å². The van der Waals surface area contributed by atoms with E-state index in [0.717, 1.165) is 18.5 Å². The molecule has 0 aliphatic carbocycles. The molecule has 3 N–H and O–H groups in total. The number of nitrogens with zero attached hydrogens (tertiary/aromatic N) is 1. The number of carboxylic acids is 1. The average molecular weight is 335 g/mol. The number of anilines is 2. The number of benzene rings is 1. The summed E-state index contributed by atoms with van der Waals surface area (Å²) in [6.07, 6.45) is 1.82. The molecule has 1 aliphatic rings. The van der Waals surface area contributed by atoms with Crippen LogP contribution in [0.4, 0.5) is 11.4 Å². The molecule has 0 saturated carbocycles. The number of hydrogen-bond acceptors (Lipinski definition) is 5. The van der Waals surface area contributed by atoms with E-state index in [1.165, 1.54) is 0 Å². The molecule has 0 radical (unpaired) electrons. The molecule has 2 rings (SSSR count). The summed E-state index contributed by atoms with van der Waals surface area (Å²) in [5, 5.41) is 14.9. The maximum Gasteiger partial charge on any atom is 0.321 e. The Morgan fingerprint density at radius 2 is 2.04 bits per heavy atom. The Bertz CT molecular complexity index is 553. The SMILES string of the molecule is CN(C)c1ccc(NC(=O)C[C@H](NC[C@H]2CCCO2)C(=O)O)cc1. The van der Waals surface area contributed by atoms with E-state index in [-0.39, 0.29) is 18.4 Å². The van der Waals surface area contributed by atoms with Crippen LogP contribution in [0.5, 0.6) is 0 Å². The van der Waals surface area contributed by atoms with Crippen molar-refractivity contribution in [2.75, 3.05) is 37.5 Å². The number of ether oxygens (including phenoxy) is 1. The number of rotatable bonds is 8. The molecule has 1 fully saturated rings. The number of amides is 1. The van der Waals surface area contributed by atoms with Crippen molar-refractivity contribution in [3.63, 3.8) is 0 Å². The van der Waals surface area contributed by atoms with E-state index in [1.807, 2.05) is 31.1 Å². The smallest absolute Gasteiger partial charge is 0.321 e. The normalized spacial score (nSPS) is 18.2. The van der Waals surface area contributed by atoms with Crippen molar-refractivity contribution in [3.8, 4) is 0 Å². The highest BCUT2D eigenvalue weighted by molar-refractivity contribution is 5.94. The third kappa shape index (κ3) is 5.50. The summed E-state index contributed by atoms with van der Waals surface area (Å²) in [4.78, 5) is 25.4. The van der Waals surface area contributed by atoms with Crippen LogP contribution in [0, 0.1) is 0 Å². The van der Waals surface area contributed by atoms with E-state index in [4.69, 9.17) is 4.74 Å². The second-order valence-electron chi connectivity index (χ2n) is 6.13. The summed E-state index contributed by atoms with van der Waals surface area (Å²) in [5.74, 6) is -1.37. The highest BCUT2D eigenvalue weighted by atomic mass is 16.5. The van der Waals surface area contributed by atoms with Gasteiger partial charge in [0.1, 0.15) is 6.04 Å². The Morgan fingerprint density at radius 3 is 2.58 bits per heavy atom. The Kier molecular flexibility index (Phi) is 6.57. The molecule has 132 valence electrons. The van der Waals surface area contributed by atoms with E-state index in [9.17, 15) is 14.7 Å². The Morgan fingerprint density at radius 1 is 1.33 bits per heavy atom. The lowest BCUT2D eigenvalue weighted by Crippen LogP contribution is -2.43. The third-order valence-corrected chi connectivity index (χ3v) is 3.97. The van der Waals surface area contributed by atoms with Crippen molar-refractivity contribution in [2.45, 2.75) is 31.4 Å². The zero-order chi connectivity index (χ0) is 17.5. The molecule has 1 amide bonds. The molecule has 1 aliphatic heterocycles. The van der Waals surface area contributed by atoms with Gasteiger partial charge in [0.05, 0.1) is 12.5 Å². The number of carbonyl (C=O) groups excluding carboxylic acids is 1. The van der Waals surface area contributed by atoms with Gasteiger partial charge >= 0.3 is 5.97 Å². The van der Waals surface area contributed by atoms with Crippen LogP contribution in [0.25, 0.3) is 0 Å². The van der Waals surface area contributed by atoms with Gasteiger partial charge in [-0.25, -0.2) is 0 Å². The fourth-order valence-electron chi connectivity index (χ4n) is 2.57. The minimum Gasteiger partial charge on any atom is -0.480 e. The zero-order valence-corrected chi connectivity index (χ0v) is 14.1. The minimum atomic E-state index is -1.04. The standard InChI is InChI=1S/C17H25N3O4/c1-20(2)13-7-5-12(6-8-13)19-16(21)10-15(17(22)23)18-11-14-4-3-9-24-14/h5-8,14-15,18H,3-4,9-11H2,1-2H3,(H,19,21)(H,22,23)/t14-,15+/m1/s1. The molecule has 0 aromatic heterocycles. The van der Waals surface area contributed by atoms with Crippen LogP contribution >= 0.6 is 0 Å². The minimum absolute atomic E-state index is 0.0356. The molecule has 0 spiro atoms. The van der Waals surface area contributed by atoms with Gasteiger partial charge in [0.25, 0.3) is 0 Å². The molecule has 1 aromatic carbocycles. The Labute approximate surface area is 142 Å². The summed E-state index contributed by atoms with van der Waals surface area (Å²) in [5.41, 5.74) is 1.67. The monoisotopic (exact) mass is 335 g/mol. The number of carboxylic acid groups (broad SMARTS) is 1. The molecule has 7 heteroatoms. The first-order valence-electron chi connectivity index (χ1n) is 8.10. The third-order valence-electron chi connectivity index (χ3n) is 3.97. The number of carbonyl (C=O) groups is 2. The molecule has 2 atom stereocenters. The van der Waals surface area contributed by atoms with Gasteiger partial charge in [-0.2, -0.15) is 0 Å². The van der Waals surface area contributed by atoms with Gasteiger partial charge in [-0.3, -0.25) is 9.59 Å². The first kappa shape index (κ1) is 18.2. The quantitative estimate of drug-likeness (QED) is 0.663.